The van der Waals surface area contributed by atoms with Crippen molar-refractivity contribution in [3.63, 3.8) is 0 Å². The van der Waals surface area contributed by atoms with Crippen LogP contribution >= 0.6 is 0 Å². The van der Waals surface area contributed by atoms with Crippen molar-refractivity contribution in [2.45, 2.75) is 6.92 Å². The number of carbonyl (C=O) groups excluding carboxylic acids is 3. The molecule has 0 bridgehead atoms. The van der Waals surface area contributed by atoms with E-state index < -0.39 is 16.7 Å². The third-order valence-corrected chi connectivity index (χ3v) is 4.52. The van der Waals surface area contributed by atoms with Gasteiger partial charge in [0.05, 0.1) is 4.92 Å². The van der Waals surface area contributed by atoms with Gasteiger partial charge in [-0.15, -0.1) is 0 Å². The van der Waals surface area contributed by atoms with Gasteiger partial charge in [-0.05, 0) is 67.1 Å². The fourth-order valence-corrected chi connectivity index (χ4v) is 2.81. The number of benzene rings is 3. The number of aryl methyl sites for hydroxylation is 1. The molecule has 0 fully saturated rings. The Hall–Kier alpha value is -4.79. The number of hydrogen-bond donors (Lipinski definition) is 3. The van der Waals surface area contributed by atoms with Crippen LogP contribution in [0.5, 0.6) is 0 Å². The summed E-state index contributed by atoms with van der Waals surface area (Å²) in [4.78, 5) is 46.5. The summed E-state index contributed by atoms with van der Waals surface area (Å²) in [6.45, 7) is 1.90. The van der Waals surface area contributed by atoms with Crippen LogP contribution in [0.1, 0.15) is 31.8 Å². The second-order valence-corrected chi connectivity index (χ2v) is 7.03. The maximum absolute atomic E-state index is 12.3. The van der Waals surface area contributed by atoms with Crippen molar-refractivity contribution in [3.8, 4) is 0 Å². The molecule has 3 aromatic rings. The van der Waals surface area contributed by atoms with Crippen LogP contribution in [0.2, 0.25) is 0 Å². The van der Waals surface area contributed by atoms with Crippen LogP contribution in [0, 0.1) is 17.0 Å². The Kier molecular flexibility index (Phi) is 7.28. The number of nitrogens with zero attached hydrogens (tertiary/aromatic N) is 1. The van der Waals surface area contributed by atoms with Crippen molar-refractivity contribution in [2.24, 2.45) is 0 Å². The highest BCUT2D eigenvalue weighted by Crippen LogP contribution is 2.13. The first-order valence-corrected chi connectivity index (χ1v) is 9.83. The average molecular weight is 444 g/mol. The second-order valence-electron chi connectivity index (χ2n) is 7.03. The maximum atomic E-state index is 12.3. The van der Waals surface area contributed by atoms with Crippen molar-refractivity contribution >= 4 is 35.2 Å². The normalized spacial score (nSPS) is 10.5. The molecule has 3 N–H and O–H groups in total. The van der Waals surface area contributed by atoms with Gasteiger partial charge in [-0.2, -0.15) is 0 Å². The number of hydrogen-bond acceptors (Lipinski definition) is 5. The summed E-state index contributed by atoms with van der Waals surface area (Å²) < 4.78 is 0. The molecule has 9 heteroatoms. The van der Waals surface area contributed by atoms with Gasteiger partial charge in [-0.25, -0.2) is 0 Å². The molecule has 0 saturated heterocycles. The molecule has 0 radical (unpaired) electrons. The summed E-state index contributed by atoms with van der Waals surface area (Å²) in [5, 5.41) is 13.4. The molecular weight excluding hydrogens is 424 g/mol. The van der Waals surface area contributed by atoms with Crippen LogP contribution in [0.4, 0.5) is 11.4 Å². The third kappa shape index (κ3) is 6.59. The Morgan fingerprint density at radius 2 is 1.55 bits per heavy atom. The number of anilines is 1. The fourth-order valence-electron chi connectivity index (χ4n) is 2.81. The number of hydrazine groups is 1. The number of carbonyl (C=O) groups is 3. The lowest BCUT2D eigenvalue weighted by Crippen LogP contribution is -2.40. The van der Waals surface area contributed by atoms with Gasteiger partial charge >= 0.3 is 0 Å². The Labute approximate surface area is 189 Å². The lowest BCUT2D eigenvalue weighted by atomic mass is 10.1. The molecular formula is C24H20N4O5. The molecule has 0 unspecified atom stereocenters. The molecule has 166 valence electrons. The Morgan fingerprint density at radius 1 is 0.848 bits per heavy atom. The molecule has 0 aliphatic carbocycles. The SMILES string of the molecule is Cc1cccc(C(=O)Nc2ccc(C(=O)NNC(=O)/C=C/c3ccc([N+](=O)[O-])cc3)cc2)c1. The Bertz CT molecular complexity index is 1220. The predicted molar refractivity (Wildman–Crippen MR) is 123 cm³/mol. The number of rotatable bonds is 6. The van der Waals surface area contributed by atoms with E-state index >= 15 is 0 Å². The first-order chi connectivity index (χ1) is 15.8. The standard InChI is InChI=1S/C24H20N4O5/c1-16-3-2-4-19(15-16)23(30)25-20-10-8-18(9-11-20)24(31)27-26-22(29)14-7-17-5-12-21(13-6-17)28(32)33/h2-15H,1H3,(H,25,30)(H,26,29)(H,27,31)/b14-7+. The van der Waals surface area contributed by atoms with E-state index in [2.05, 4.69) is 16.2 Å². The van der Waals surface area contributed by atoms with E-state index in [1.165, 1.54) is 48.6 Å². The lowest BCUT2D eigenvalue weighted by molar-refractivity contribution is -0.384. The summed E-state index contributed by atoms with van der Waals surface area (Å²) in [5.41, 5.74) is 7.38. The van der Waals surface area contributed by atoms with Crippen molar-refractivity contribution in [1.82, 2.24) is 10.9 Å². The lowest BCUT2D eigenvalue weighted by Gasteiger charge is -2.08. The zero-order chi connectivity index (χ0) is 23.8. The topological polar surface area (TPSA) is 130 Å². The first-order valence-electron chi connectivity index (χ1n) is 9.83. The fraction of sp³-hybridized carbons (Fsp3) is 0.0417. The van der Waals surface area contributed by atoms with Gasteiger partial charge in [0.25, 0.3) is 23.4 Å². The summed E-state index contributed by atoms with van der Waals surface area (Å²) in [5.74, 6) is -1.38. The molecule has 9 nitrogen and oxygen atoms in total. The number of non-ortho nitro benzene ring substituents is 1. The van der Waals surface area contributed by atoms with Crippen molar-refractivity contribution in [3.05, 3.63) is 111 Å². The minimum Gasteiger partial charge on any atom is -0.322 e. The van der Waals surface area contributed by atoms with Crippen LogP contribution in [-0.4, -0.2) is 22.6 Å². The van der Waals surface area contributed by atoms with Gasteiger partial charge in [-0.1, -0.05) is 17.7 Å². The van der Waals surface area contributed by atoms with Gasteiger partial charge in [0, 0.05) is 35.0 Å². The van der Waals surface area contributed by atoms with E-state index in [0.29, 0.717) is 16.8 Å². The van der Waals surface area contributed by atoms with Gasteiger partial charge in [0.1, 0.15) is 0 Å². The highest BCUT2D eigenvalue weighted by molar-refractivity contribution is 6.04. The van der Waals surface area contributed by atoms with Crippen LogP contribution in [0.15, 0.2) is 78.9 Å². The van der Waals surface area contributed by atoms with Crippen molar-refractivity contribution in [1.29, 1.82) is 0 Å². The molecule has 0 heterocycles. The van der Waals surface area contributed by atoms with Crippen LogP contribution in [-0.2, 0) is 4.79 Å². The quantitative estimate of drug-likeness (QED) is 0.304. The maximum Gasteiger partial charge on any atom is 0.269 e. The van der Waals surface area contributed by atoms with Crippen molar-refractivity contribution < 1.29 is 19.3 Å². The Morgan fingerprint density at radius 3 is 2.18 bits per heavy atom. The molecule has 33 heavy (non-hydrogen) atoms. The van der Waals surface area contributed by atoms with Gasteiger partial charge in [-0.3, -0.25) is 35.3 Å². The zero-order valence-corrected chi connectivity index (χ0v) is 17.6. The van der Waals surface area contributed by atoms with Crippen molar-refractivity contribution in [2.75, 3.05) is 5.32 Å². The molecule has 0 aliphatic rings. The van der Waals surface area contributed by atoms with Crippen LogP contribution in [0.25, 0.3) is 6.08 Å². The van der Waals surface area contributed by atoms with Gasteiger partial charge in [0.15, 0.2) is 0 Å². The smallest absolute Gasteiger partial charge is 0.269 e. The monoisotopic (exact) mass is 444 g/mol. The molecule has 3 rings (SSSR count). The number of nitro groups is 1. The molecule has 0 atom stereocenters. The highest BCUT2D eigenvalue weighted by Gasteiger charge is 2.09. The van der Waals surface area contributed by atoms with Crippen LogP contribution in [0.3, 0.4) is 0 Å². The minimum atomic E-state index is -0.580. The minimum absolute atomic E-state index is 0.0513. The van der Waals surface area contributed by atoms with E-state index in [-0.39, 0.29) is 17.2 Å². The number of nitro benzene ring substituents is 1. The number of amides is 3. The van der Waals surface area contributed by atoms with Gasteiger partial charge < -0.3 is 5.32 Å². The first kappa shape index (κ1) is 22.9. The second kappa shape index (κ2) is 10.5. The molecule has 0 saturated carbocycles. The average Bonchev–Trinajstić information content (AvgIpc) is 2.82. The van der Waals surface area contributed by atoms with E-state index in [0.717, 1.165) is 5.56 Å². The van der Waals surface area contributed by atoms with E-state index in [4.69, 9.17) is 0 Å². The molecule has 3 amide bonds. The predicted octanol–water partition coefficient (Wildman–Crippen LogP) is 3.63. The van der Waals surface area contributed by atoms with Crippen LogP contribution < -0.4 is 16.2 Å². The highest BCUT2D eigenvalue weighted by atomic mass is 16.6. The van der Waals surface area contributed by atoms with E-state index in [9.17, 15) is 24.5 Å². The summed E-state index contributed by atoms with van der Waals surface area (Å²) >= 11 is 0. The zero-order valence-electron chi connectivity index (χ0n) is 17.6. The number of nitrogens with one attached hydrogen (secondary N) is 3. The molecule has 0 aliphatic heterocycles. The van der Waals surface area contributed by atoms with E-state index in [1.54, 1.807) is 30.3 Å². The Balaban J connectivity index is 1.50. The summed E-state index contributed by atoms with van der Waals surface area (Å²) in [7, 11) is 0. The third-order valence-electron chi connectivity index (χ3n) is 4.52. The summed E-state index contributed by atoms with van der Waals surface area (Å²) in [6.07, 6.45) is 2.64. The molecule has 0 aromatic heterocycles. The summed E-state index contributed by atoms with van der Waals surface area (Å²) in [6, 6.07) is 19.0. The molecule has 0 spiro atoms. The largest absolute Gasteiger partial charge is 0.322 e. The van der Waals surface area contributed by atoms with Gasteiger partial charge in [0.2, 0.25) is 0 Å². The molecule has 3 aromatic carbocycles. The van der Waals surface area contributed by atoms with E-state index in [1.807, 2.05) is 13.0 Å².